The number of alkyl halides is 3. The summed E-state index contributed by atoms with van der Waals surface area (Å²) in [7, 11) is 0. The molecule has 1 aliphatic rings. The number of carbonyl (C=O) groups excluding carboxylic acids is 1. The molecule has 0 unspecified atom stereocenters. The van der Waals surface area contributed by atoms with Crippen molar-refractivity contribution in [3.63, 3.8) is 0 Å². The van der Waals surface area contributed by atoms with E-state index < -0.39 is 36.4 Å². The van der Waals surface area contributed by atoms with Crippen LogP contribution in [0.1, 0.15) is 23.1 Å². The van der Waals surface area contributed by atoms with Crippen molar-refractivity contribution >= 4 is 11.9 Å². The van der Waals surface area contributed by atoms with Crippen LogP contribution in [0, 0.1) is 25.7 Å². The molecular formula is C17H20F3NO3. The lowest BCUT2D eigenvalue weighted by Crippen LogP contribution is -2.34. The van der Waals surface area contributed by atoms with Crippen LogP contribution in [0.15, 0.2) is 18.2 Å². The number of amides is 1. The van der Waals surface area contributed by atoms with E-state index in [0.29, 0.717) is 6.42 Å². The molecule has 0 saturated carbocycles. The van der Waals surface area contributed by atoms with Crippen LogP contribution in [0.2, 0.25) is 0 Å². The molecule has 1 saturated heterocycles. The second-order valence-electron chi connectivity index (χ2n) is 6.39. The summed E-state index contributed by atoms with van der Waals surface area (Å²) >= 11 is 0. The molecule has 1 aliphatic heterocycles. The average molecular weight is 343 g/mol. The van der Waals surface area contributed by atoms with Crippen molar-refractivity contribution in [3.8, 4) is 0 Å². The lowest BCUT2D eigenvalue weighted by atomic mass is 9.96. The Balaban J connectivity index is 2.01. The number of carboxylic acids is 1. The molecule has 1 aromatic rings. The van der Waals surface area contributed by atoms with Gasteiger partial charge in [-0.15, -0.1) is 0 Å². The van der Waals surface area contributed by atoms with Crippen molar-refractivity contribution in [3.05, 3.63) is 34.9 Å². The summed E-state index contributed by atoms with van der Waals surface area (Å²) < 4.78 is 38.8. The fraction of sp³-hybridized carbons (Fsp3) is 0.529. The minimum Gasteiger partial charge on any atom is -0.481 e. The topological polar surface area (TPSA) is 57.6 Å². The van der Waals surface area contributed by atoms with Gasteiger partial charge in [0.25, 0.3) is 0 Å². The maximum absolute atomic E-state index is 12.9. The van der Waals surface area contributed by atoms with Gasteiger partial charge in [-0.05, 0) is 25.8 Å². The number of halogens is 3. The molecule has 7 heteroatoms. The molecule has 2 atom stereocenters. The van der Waals surface area contributed by atoms with E-state index in [-0.39, 0.29) is 13.0 Å². The zero-order valence-electron chi connectivity index (χ0n) is 13.6. The second-order valence-corrected chi connectivity index (χ2v) is 6.39. The fourth-order valence-corrected chi connectivity index (χ4v) is 3.21. The van der Waals surface area contributed by atoms with Crippen LogP contribution < -0.4 is 0 Å². The summed E-state index contributed by atoms with van der Waals surface area (Å²) in [5.74, 6) is -5.54. The molecular weight excluding hydrogens is 323 g/mol. The zero-order chi connectivity index (χ0) is 18.1. The molecule has 0 bridgehead atoms. The molecule has 1 aromatic carbocycles. The van der Waals surface area contributed by atoms with Crippen LogP contribution in [0.3, 0.4) is 0 Å². The first kappa shape index (κ1) is 18.3. The van der Waals surface area contributed by atoms with Crippen molar-refractivity contribution < 1.29 is 27.9 Å². The lowest BCUT2D eigenvalue weighted by molar-refractivity contribution is -0.188. The highest BCUT2D eigenvalue weighted by Gasteiger charge is 2.53. The Kier molecular flexibility index (Phi) is 5.20. The second kappa shape index (κ2) is 6.83. The monoisotopic (exact) mass is 343 g/mol. The molecule has 1 heterocycles. The summed E-state index contributed by atoms with van der Waals surface area (Å²) in [5, 5.41) is 8.98. The standard InChI is InChI=1S/C17H20F3NO3/c1-10-5-11(2)7-12(6-10)3-4-15(22)21-8-13(16(23)24)14(9-21)17(18,19)20/h5-7,13-14H,3-4,8-9H2,1-2H3,(H,23,24)/t13-,14-/m1/s1. The molecule has 2 rings (SSSR count). The van der Waals surface area contributed by atoms with Crippen molar-refractivity contribution in [2.45, 2.75) is 32.9 Å². The number of hydrogen-bond donors (Lipinski definition) is 1. The van der Waals surface area contributed by atoms with Gasteiger partial charge in [0.2, 0.25) is 5.91 Å². The van der Waals surface area contributed by atoms with E-state index in [4.69, 9.17) is 5.11 Å². The van der Waals surface area contributed by atoms with E-state index >= 15 is 0 Å². The summed E-state index contributed by atoms with van der Waals surface area (Å²) in [6.07, 6.45) is -4.13. The number of carbonyl (C=O) groups is 2. The van der Waals surface area contributed by atoms with Gasteiger partial charge in [-0.3, -0.25) is 9.59 Å². The highest BCUT2D eigenvalue weighted by Crippen LogP contribution is 2.37. The van der Waals surface area contributed by atoms with Gasteiger partial charge in [-0.25, -0.2) is 0 Å². The SMILES string of the molecule is Cc1cc(C)cc(CCC(=O)N2C[C@@H](C(F)(F)F)[C@H](C(=O)O)C2)c1. The number of hydrogen-bond acceptors (Lipinski definition) is 2. The van der Waals surface area contributed by atoms with E-state index in [1.807, 2.05) is 32.0 Å². The Bertz CT molecular complexity index is 622. The molecule has 1 fully saturated rings. The lowest BCUT2D eigenvalue weighted by Gasteiger charge is -2.18. The molecule has 1 amide bonds. The molecule has 4 nitrogen and oxygen atoms in total. The Labute approximate surface area is 138 Å². The van der Waals surface area contributed by atoms with Gasteiger partial charge in [0, 0.05) is 19.5 Å². The third-order valence-corrected chi connectivity index (χ3v) is 4.32. The van der Waals surface area contributed by atoms with Crippen molar-refractivity contribution in [2.75, 3.05) is 13.1 Å². The van der Waals surface area contributed by atoms with E-state index in [1.54, 1.807) is 0 Å². The van der Waals surface area contributed by atoms with Gasteiger partial charge in [-0.1, -0.05) is 29.3 Å². The molecule has 0 aliphatic carbocycles. The van der Waals surface area contributed by atoms with E-state index in [1.165, 1.54) is 0 Å². The van der Waals surface area contributed by atoms with Crippen molar-refractivity contribution in [1.82, 2.24) is 4.90 Å². The van der Waals surface area contributed by atoms with Crippen molar-refractivity contribution in [2.24, 2.45) is 11.8 Å². The third kappa shape index (κ3) is 4.27. The fourth-order valence-electron chi connectivity index (χ4n) is 3.21. The number of benzene rings is 1. The summed E-state index contributed by atoms with van der Waals surface area (Å²) in [6.45, 7) is 2.91. The molecule has 1 N–H and O–H groups in total. The Morgan fingerprint density at radius 2 is 1.75 bits per heavy atom. The normalized spacial score (nSPS) is 21.1. The van der Waals surface area contributed by atoms with Gasteiger partial charge < -0.3 is 10.0 Å². The van der Waals surface area contributed by atoms with Crippen LogP contribution >= 0.6 is 0 Å². The van der Waals surface area contributed by atoms with Gasteiger partial charge in [0.15, 0.2) is 0 Å². The molecule has 132 valence electrons. The number of nitrogens with zero attached hydrogens (tertiary/aromatic N) is 1. The van der Waals surface area contributed by atoms with Crippen molar-refractivity contribution in [1.29, 1.82) is 0 Å². The average Bonchev–Trinajstić information content (AvgIpc) is 2.89. The molecule has 0 aromatic heterocycles. The predicted octanol–water partition coefficient (Wildman–Crippen LogP) is 2.96. The first-order chi connectivity index (χ1) is 11.1. The smallest absolute Gasteiger partial charge is 0.394 e. The molecule has 0 spiro atoms. The highest BCUT2D eigenvalue weighted by molar-refractivity contribution is 5.79. The zero-order valence-corrected chi connectivity index (χ0v) is 13.6. The number of rotatable bonds is 4. The molecule has 0 radical (unpaired) electrons. The van der Waals surface area contributed by atoms with E-state index in [0.717, 1.165) is 21.6 Å². The largest absolute Gasteiger partial charge is 0.481 e. The van der Waals surface area contributed by atoms with Gasteiger partial charge in [-0.2, -0.15) is 13.2 Å². The van der Waals surface area contributed by atoms with Crippen LogP contribution in [-0.4, -0.2) is 41.1 Å². The highest BCUT2D eigenvalue weighted by atomic mass is 19.4. The van der Waals surface area contributed by atoms with E-state index in [2.05, 4.69) is 0 Å². The molecule has 24 heavy (non-hydrogen) atoms. The van der Waals surface area contributed by atoms with E-state index in [9.17, 15) is 22.8 Å². The maximum Gasteiger partial charge on any atom is 0.394 e. The predicted molar refractivity (Wildman–Crippen MR) is 81.5 cm³/mol. The van der Waals surface area contributed by atoms with Crippen LogP contribution in [0.5, 0.6) is 0 Å². The maximum atomic E-state index is 12.9. The number of aliphatic carboxylic acids is 1. The minimum atomic E-state index is -4.62. The Morgan fingerprint density at radius 3 is 2.21 bits per heavy atom. The third-order valence-electron chi connectivity index (χ3n) is 4.32. The Hall–Kier alpha value is -2.05. The minimum absolute atomic E-state index is 0.0693. The van der Waals surface area contributed by atoms with Crippen LogP contribution in [0.25, 0.3) is 0 Å². The van der Waals surface area contributed by atoms with Crippen LogP contribution in [0.4, 0.5) is 13.2 Å². The number of aryl methyl sites for hydroxylation is 3. The first-order valence-corrected chi connectivity index (χ1v) is 7.72. The number of likely N-dealkylation sites (tertiary alicyclic amines) is 1. The quantitative estimate of drug-likeness (QED) is 0.914. The number of carboxylic acid groups (broad SMARTS) is 1. The summed E-state index contributed by atoms with van der Waals surface area (Å²) in [5.41, 5.74) is 3.06. The first-order valence-electron chi connectivity index (χ1n) is 7.72. The Morgan fingerprint density at radius 1 is 1.17 bits per heavy atom. The summed E-state index contributed by atoms with van der Waals surface area (Å²) in [6, 6.07) is 5.86. The van der Waals surface area contributed by atoms with Crippen LogP contribution in [-0.2, 0) is 16.0 Å². The van der Waals surface area contributed by atoms with Gasteiger partial charge in [0.05, 0.1) is 11.8 Å². The summed E-state index contributed by atoms with van der Waals surface area (Å²) in [4.78, 5) is 24.3. The van der Waals surface area contributed by atoms with Gasteiger partial charge in [0.1, 0.15) is 0 Å². The van der Waals surface area contributed by atoms with Gasteiger partial charge >= 0.3 is 12.1 Å².